The van der Waals surface area contributed by atoms with Crippen molar-refractivity contribution in [3.63, 3.8) is 0 Å². The van der Waals surface area contributed by atoms with Crippen LogP contribution < -0.4 is 11.5 Å². The number of esters is 4. The molecule has 5 saturated carbocycles. The summed E-state index contributed by atoms with van der Waals surface area (Å²) in [7, 11) is 20.5. The summed E-state index contributed by atoms with van der Waals surface area (Å²) in [4.78, 5) is 69.9. The number of carboxylic acid groups (broad SMARTS) is 1. The second-order valence-electron chi connectivity index (χ2n) is 20.1. The number of anilines is 2. The summed E-state index contributed by atoms with van der Waals surface area (Å²) in [5.41, 5.74) is 18.1. The lowest BCUT2D eigenvalue weighted by Crippen LogP contribution is -2.21. The van der Waals surface area contributed by atoms with Gasteiger partial charge in [-0.2, -0.15) is 0 Å². The van der Waals surface area contributed by atoms with Crippen LogP contribution in [0.3, 0.4) is 0 Å². The van der Waals surface area contributed by atoms with E-state index in [1.165, 1.54) is 59.8 Å². The average Bonchev–Trinajstić information content (AvgIpc) is 3.48. The second kappa shape index (κ2) is 26.4. The van der Waals surface area contributed by atoms with E-state index in [4.69, 9.17) is 78.9 Å². The van der Waals surface area contributed by atoms with Gasteiger partial charge in [0.25, 0.3) is 0 Å². The fourth-order valence-electron chi connectivity index (χ4n) is 9.65. The molecule has 3 aromatic heterocycles. The lowest BCUT2D eigenvalue weighted by Gasteiger charge is -2.13. The van der Waals surface area contributed by atoms with Crippen molar-refractivity contribution >= 4 is 116 Å². The Labute approximate surface area is 495 Å². The molecule has 0 saturated heterocycles. The molecule has 5 aliphatic carbocycles. The second-order valence-corrected chi connectivity index (χ2v) is 26.5. The number of ether oxygens (including phenoxy) is 4. The third-order valence-electron chi connectivity index (χ3n) is 15.3. The maximum Gasteiger partial charge on any atom is 0.643 e. The Balaban J connectivity index is 0.000000163. The number of benzene rings is 5. The first-order chi connectivity index (χ1) is 38.7. The number of aliphatic carboxylic acids is 1. The number of carbonyl (C=O) groups is 5. The van der Waals surface area contributed by atoms with Gasteiger partial charge >= 0.3 is 41.2 Å². The summed E-state index contributed by atoms with van der Waals surface area (Å²) >= 11 is -1.72. The standard InChI is InChI=1S/2C12H11NO3.C11H9NO3.2C11H13NO3.2CH4.Al.3ClH/c2*1-15-11(14)12(4-5-12)8-2-3-10-9(6-8)13-7-16-10;13-10(14)11(3-4-11)7-1-2-9-8(5-7)12-6-15-9;2*1-15-10(14)11(4-5-11)7-2-3-9(13)8(12)6-7;;;;;;/h2*2-3,6-7H,4-5H2,1H3;1-2,5-6H,3-4H2,(H,13,14);2*2-3,6,13H,4-5,12H2,1H3;2*1H4;;3*1H/q;;;;;;;+3;;;/p-3. The van der Waals surface area contributed by atoms with Crippen molar-refractivity contribution in [2.75, 3.05) is 39.9 Å². The Kier molecular flexibility index (Phi) is 20.5. The molecule has 3 heterocycles. The third-order valence-corrected chi connectivity index (χ3v) is 15.3. The van der Waals surface area contributed by atoms with Crippen molar-refractivity contribution in [2.45, 2.75) is 106 Å². The molecule has 0 unspecified atom stereocenters. The van der Waals surface area contributed by atoms with Gasteiger partial charge in [-0.25, -0.2) is 45.1 Å². The van der Waals surface area contributed by atoms with Crippen molar-refractivity contribution in [2.24, 2.45) is 0 Å². The normalized spacial score (nSPS) is 16.4. The van der Waals surface area contributed by atoms with Crippen LogP contribution in [-0.4, -0.2) is 99.9 Å². The van der Waals surface area contributed by atoms with E-state index < -0.39 is 44.4 Å². The van der Waals surface area contributed by atoms with Crippen LogP contribution in [-0.2, 0) is 70.0 Å². The maximum absolute atomic E-state index is 11.7. The highest BCUT2D eigenvalue weighted by Gasteiger charge is 2.55. The number of phenolic OH excluding ortho intramolecular Hbond substituents is 2. The number of phenols is 2. The van der Waals surface area contributed by atoms with Gasteiger partial charge in [0.1, 0.15) is 28.0 Å². The van der Waals surface area contributed by atoms with E-state index >= 15 is 0 Å². The molecule has 83 heavy (non-hydrogen) atoms. The zero-order valence-corrected chi connectivity index (χ0v) is 47.8. The molecule has 7 N–H and O–H groups in total. The fraction of sp³-hybridized carbons (Fsp3) is 0.356. The van der Waals surface area contributed by atoms with Gasteiger partial charge in [-0.3, -0.25) is 24.0 Å². The lowest BCUT2D eigenvalue weighted by atomic mass is 9.95. The van der Waals surface area contributed by atoms with Gasteiger partial charge < -0.3 is 59.0 Å². The van der Waals surface area contributed by atoms with Crippen LogP contribution in [0.25, 0.3) is 33.3 Å². The molecule has 8 aromatic rings. The topological polar surface area (TPSA) is 313 Å². The smallest absolute Gasteiger partial charge is 0.506 e. The van der Waals surface area contributed by atoms with Gasteiger partial charge in [0.15, 0.2) is 35.9 Å². The summed E-state index contributed by atoms with van der Waals surface area (Å²) in [6.45, 7) is 0. The zero-order chi connectivity index (χ0) is 58.5. The number of aromatic hydroxyl groups is 2. The van der Waals surface area contributed by atoms with Crippen molar-refractivity contribution in [1.82, 2.24) is 15.0 Å². The number of hydrogen-bond donors (Lipinski definition) is 5. The van der Waals surface area contributed by atoms with Crippen LogP contribution in [0, 0.1) is 0 Å². The number of carboxylic acids is 1. The molecule has 0 amide bonds. The summed E-state index contributed by atoms with van der Waals surface area (Å²) in [5.74, 6) is -1.44. The minimum absolute atomic E-state index is 0. The minimum atomic E-state index is -1.72. The van der Waals surface area contributed by atoms with Crippen LogP contribution in [0.1, 0.15) is 107 Å². The highest BCUT2D eigenvalue weighted by Crippen LogP contribution is 2.53. The Morgan fingerprint density at radius 1 is 0.446 bits per heavy atom. The molecule has 20 nitrogen and oxygen atoms in total. The molecular weight excluding hydrogens is 1150 g/mol. The first-order valence-corrected chi connectivity index (χ1v) is 30.6. The zero-order valence-electron chi connectivity index (χ0n) is 44.4. The van der Waals surface area contributed by atoms with E-state index in [0.29, 0.717) is 29.8 Å². The van der Waals surface area contributed by atoms with Crippen LogP contribution >= 0.6 is 30.1 Å². The average molecular weight is 1220 g/mol. The van der Waals surface area contributed by atoms with E-state index in [1.54, 1.807) is 36.4 Å². The van der Waals surface area contributed by atoms with Gasteiger partial charge in [0, 0.05) is 0 Å². The van der Waals surface area contributed by atoms with Crippen molar-refractivity contribution in [3.05, 3.63) is 138 Å². The lowest BCUT2D eigenvalue weighted by molar-refractivity contribution is -0.144. The molecule has 440 valence electrons. The van der Waals surface area contributed by atoms with Crippen molar-refractivity contribution in [3.8, 4) is 11.5 Å². The quantitative estimate of drug-likeness (QED) is 0.0279. The predicted octanol–water partition coefficient (Wildman–Crippen LogP) is 11.3. The largest absolute Gasteiger partial charge is 0.643 e. The molecule has 5 aromatic carbocycles. The Bertz CT molecular complexity index is 3440. The monoisotopic (exact) mass is 1220 g/mol. The van der Waals surface area contributed by atoms with Gasteiger partial charge in [-0.15, -0.1) is 0 Å². The minimum Gasteiger partial charge on any atom is -0.506 e. The number of methoxy groups -OCH3 is 4. The highest BCUT2D eigenvalue weighted by molar-refractivity contribution is 7.54. The molecule has 24 heteroatoms. The molecule has 0 radical (unpaired) electrons. The van der Waals surface area contributed by atoms with Gasteiger partial charge in [0.2, 0.25) is 0 Å². The summed E-state index contributed by atoms with van der Waals surface area (Å²) in [6.07, 6.45) is 12.1. The SMILES string of the molecule is C.C.COC(=O)C1(c2ccc(O)c(N)c2)CC1.COC(=O)C1(c2ccc(O)c(N)c2)CC1.COC(=O)C1(c2ccc3ocnc3c2)CC1.COC(=O)C1(c2ccc3ocnc3c2)CC1.O=C(O)C1(c2ccc3ocnc3c2)CC1.[Cl][Al]([Cl])[Cl]. The van der Waals surface area contributed by atoms with Gasteiger partial charge in [0.05, 0.1) is 66.9 Å². The third kappa shape index (κ3) is 13.8. The molecule has 0 bridgehead atoms. The van der Waals surface area contributed by atoms with E-state index in [2.05, 4.69) is 15.0 Å². The summed E-state index contributed by atoms with van der Waals surface area (Å²) in [5, 5.41) is 27.7. The number of oxazole rings is 3. The Hall–Kier alpha value is -7.54. The van der Waals surface area contributed by atoms with Gasteiger partial charge in [-0.1, -0.05) is 45.2 Å². The number of nitrogens with zero attached hydrogens (tertiary/aromatic N) is 3. The number of hydrogen-bond acceptors (Lipinski definition) is 19. The van der Waals surface area contributed by atoms with E-state index in [9.17, 15) is 34.2 Å². The first kappa shape index (κ1) is 64.6. The van der Waals surface area contributed by atoms with E-state index in [1.807, 2.05) is 42.5 Å². The summed E-state index contributed by atoms with van der Waals surface area (Å²) in [6, 6.07) is 26.5. The Morgan fingerprint density at radius 2 is 0.675 bits per heavy atom. The number of fused-ring (bicyclic) bond motifs is 3. The summed E-state index contributed by atoms with van der Waals surface area (Å²) < 4.78 is 34.6. The van der Waals surface area contributed by atoms with E-state index in [-0.39, 0.29) is 50.2 Å². The van der Waals surface area contributed by atoms with Crippen LogP contribution in [0.5, 0.6) is 11.5 Å². The number of carbonyl (C=O) groups excluding carboxylic acids is 4. The van der Waals surface area contributed by atoms with Crippen LogP contribution in [0.2, 0.25) is 0 Å². The predicted molar refractivity (Wildman–Crippen MR) is 314 cm³/mol. The molecule has 13 rings (SSSR count). The number of rotatable bonds is 10. The highest BCUT2D eigenvalue weighted by atomic mass is 35.8. The number of aromatic nitrogens is 3. The first-order valence-electron chi connectivity index (χ1n) is 25.4. The molecule has 5 fully saturated rings. The maximum atomic E-state index is 11.7. The Morgan fingerprint density at radius 3 is 0.892 bits per heavy atom. The molecule has 5 aliphatic rings. The number of halogens is 3. The molecular formula is C59H65AlCl3N5O15. The number of nitrogen functional groups attached to an aromatic ring is 2. The fourth-order valence-corrected chi connectivity index (χ4v) is 9.65. The molecule has 0 spiro atoms. The van der Waals surface area contributed by atoms with E-state index in [0.717, 1.165) is 107 Å². The van der Waals surface area contributed by atoms with Crippen LogP contribution in [0.4, 0.5) is 11.4 Å². The molecule has 0 atom stereocenters. The van der Waals surface area contributed by atoms with Gasteiger partial charge in [-0.05, 0) is 153 Å². The van der Waals surface area contributed by atoms with Crippen molar-refractivity contribution in [1.29, 1.82) is 0 Å². The van der Waals surface area contributed by atoms with Crippen LogP contribution in [0.15, 0.2) is 123 Å². The number of nitrogens with two attached hydrogens (primary N) is 2. The van der Waals surface area contributed by atoms with Crippen molar-refractivity contribution < 1.29 is 71.5 Å². The molecule has 0 aliphatic heterocycles.